The van der Waals surface area contributed by atoms with Crippen LogP contribution in [0.25, 0.3) is 0 Å². The summed E-state index contributed by atoms with van der Waals surface area (Å²) in [6.45, 7) is 13.9. The predicted molar refractivity (Wildman–Crippen MR) is 191 cm³/mol. The molecular formula is C36H70N2O7Si. The van der Waals surface area contributed by atoms with Crippen molar-refractivity contribution < 1.29 is 32.3 Å². The van der Waals surface area contributed by atoms with E-state index in [4.69, 9.17) is 22.8 Å². The Kier molecular flexibility index (Phi) is 31.7. The third kappa shape index (κ3) is 27.3. The Morgan fingerprint density at radius 3 is 1.52 bits per heavy atom. The topological polar surface area (TPSA) is 104 Å². The van der Waals surface area contributed by atoms with Gasteiger partial charge in [-0.25, -0.2) is 9.59 Å². The summed E-state index contributed by atoms with van der Waals surface area (Å²) in [6.07, 6.45) is 25.1. The van der Waals surface area contributed by atoms with Gasteiger partial charge in [0.15, 0.2) is 0 Å². The van der Waals surface area contributed by atoms with Crippen molar-refractivity contribution in [3.63, 3.8) is 0 Å². The van der Waals surface area contributed by atoms with Crippen LogP contribution in [0.4, 0.5) is 9.59 Å². The molecule has 0 aliphatic heterocycles. The summed E-state index contributed by atoms with van der Waals surface area (Å²) in [7, 11) is -2.73. The maximum Gasteiger partial charge on any atom is 0.500 e. The van der Waals surface area contributed by atoms with E-state index in [-0.39, 0.29) is 25.4 Å². The third-order valence-electron chi connectivity index (χ3n) is 7.72. The van der Waals surface area contributed by atoms with E-state index >= 15 is 0 Å². The molecular weight excluding hydrogens is 600 g/mol. The monoisotopic (exact) mass is 670 g/mol. The zero-order valence-corrected chi connectivity index (χ0v) is 31.2. The molecule has 0 aromatic carbocycles. The van der Waals surface area contributed by atoms with Crippen molar-refractivity contribution >= 4 is 21.0 Å². The molecule has 0 aromatic rings. The average Bonchev–Trinajstić information content (AvgIpc) is 3.04. The lowest BCUT2D eigenvalue weighted by molar-refractivity contribution is 0.0694. The number of nitrogens with one attached hydrogen (secondary N) is 2. The van der Waals surface area contributed by atoms with E-state index in [0.29, 0.717) is 38.8 Å². The fourth-order valence-corrected chi connectivity index (χ4v) is 7.94. The van der Waals surface area contributed by atoms with Gasteiger partial charge in [0.25, 0.3) is 0 Å². The molecule has 1 unspecified atom stereocenters. The highest BCUT2D eigenvalue weighted by Crippen LogP contribution is 2.26. The molecule has 2 N–H and O–H groups in total. The molecule has 0 heterocycles. The predicted octanol–water partition coefficient (Wildman–Crippen LogP) is 9.50. The van der Waals surface area contributed by atoms with Crippen LogP contribution in [0.15, 0.2) is 24.3 Å². The number of alkyl carbamates (subject to hydrolysis) is 2. The minimum atomic E-state index is -2.73. The van der Waals surface area contributed by atoms with Gasteiger partial charge in [0, 0.05) is 39.0 Å². The lowest BCUT2D eigenvalue weighted by Gasteiger charge is -2.29. The first-order valence-corrected chi connectivity index (χ1v) is 20.4. The number of rotatable bonds is 32. The van der Waals surface area contributed by atoms with Crippen molar-refractivity contribution in [2.45, 2.75) is 143 Å². The highest BCUT2D eigenvalue weighted by Gasteiger charge is 2.40. The molecule has 0 fully saturated rings. The molecule has 9 nitrogen and oxygen atoms in total. The number of hydrogen-bond acceptors (Lipinski definition) is 7. The van der Waals surface area contributed by atoms with Gasteiger partial charge < -0.3 is 33.4 Å². The molecule has 10 heteroatoms. The second-order valence-corrected chi connectivity index (χ2v) is 14.5. The average molecular weight is 671 g/mol. The van der Waals surface area contributed by atoms with Gasteiger partial charge >= 0.3 is 21.0 Å². The Balaban J connectivity index is 4.66. The molecule has 0 bridgehead atoms. The Morgan fingerprint density at radius 1 is 0.587 bits per heavy atom. The van der Waals surface area contributed by atoms with Crippen LogP contribution in [0, 0.1) is 5.92 Å². The fourth-order valence-electron chi connectivity index (χ4n) is 5.18. The highest BCUT2D eigenvalue weighted by molar-refractivity contribution is 6.60. The Morgan fingerprint density at radius 2 is 1.04 bits per heavy atom. The SMILES string of the molecule is CCCCCCCCNC(=O)OC/C=C/CCC(C/C=C/COC(=O)NCCCCCCCC)CC[Si](OCC)(OCC)OCC. The highest BCUT2D eigenvalue weighted by atomic mass is 28.4. The number of carbonyl (C=O) groups excluding carboxylic acids is 2. The van der Waals surface area contributed by atoms with Crippen molar-refractivity contribution in [3.8, 4) is 0 Å². The summed E-state index contributed by atoms with van der Waals surface area (Å²) in [5, 5.41) is 5.68. The molecule has 46 heavy (non-hydrogen) atoms. The van der Waals surface area contributed by atoms with Crippen LogP contribution >= 0.6 is 0 Å². The van der Waals surface area contributed by atoms with Gasteiger partial charge in [0.2, 0.25) is 0 Å². The van der Waals surface area contributed by atoms with E-state index in [1.807, 2.05) is 32.9 Å². The number of amides is 2. The lowest BCUT2D eigenvalue weighted by atomic mass is 9.96. The van der Waals surface area contributed by atoms with Crippen molar-refractivity contribution in [1.29, 1.82) is 0 Å². The number of hydrogen-bond donors (Lipinski definition) is 2. The molecule has 0 spiro atoms. The number of carbonyl (C=O) groups is 2. The Labute approximate surface area is 283 Å². The summed E-state index contributed by atoms with van der Waals surface area (Å²) in [6, 6.07) is 0.754. The zero-order valence-electron chi connectivity index (χ0n) is 30.2. The normalized spacial score (nSPS) is 12.5. The number of unbranched alkanes of at least 4 members (excludes halogenated alkanes) is 10. The number of ether oxygens (including phenoxy) is 2. The molecule has 270 valence electrons. The van der Waals surface area contributed by atoms with E-state index in [0.717, 1.165) is 57.4 Å². The quantitative estimate of drug-likeness (QED) is 0.0417. The largest absolute Gasteiger partial charge is 0.500 e. The maximum absolute atomic E-state index is 12.0. The van der Waals surface area contributed by atoms with E-state index in [1.165, 1.54) is 51.4 Å². The van der Waals surface area contributed by atoms with Crippen molar-refractivity contribution in [2.75, 3.05) is 46.1 Å². The molecule has 0 rings (SSSR count). The molecule has 2 amide bonds. The first kappa shape index (κ1) is 44.1. The molecule has 0 radical (unpaired) electrons. The molecule has 0 saturated heterocycles. The van der Waals surface area contributed by atoms with E-state index in [2.05, 4.69) is 36.6 Å². The van der Waals surface area contributed by atoms with Gasteiger partial charge in [-0.3, -0.25) is 0 Å². The second kappa shape index (κ2) is 33.0. The summed E-state index contributed by atoms with van der Waals surface area (Å²) < 4.78 is 28.8. The van der Waals surface area contributed by atoms with Crippen LogP contribution in [0.1, 0.15) is 137 Å². The summed E-state index contributed by atoms with van der Waals surface area (Å²) in [5.41, 5.74) is 0. The Bertz CT molecular complexity index is 750. The van der Waals surface area contributed by atoms with Crippen molar-refractivity contribution in [2.24, 2.45) is 5.92 Å². The van der Waals surface area contributed by atoms with Gasteiger partial charge in [-0.05, 0) is 65.2 Å². The standard InChI is InChI=1S/C36H70N2O7Si/c1-6-11-13-15-17-22-29-37-35(39)41-31-24-19-20-26-34(28-33-46(43-8-3,44-9-4)45-10-5)27-21-25-32-42-36(40)38-30-23-18-16-14-12-7-2/h19,21,24-25,34H,6-18,20,22-23,26-33H2,1-5H3,(H,37,39)(H,38,40)/b24-19+,25-21+. The second-order valence-electron chi connectivity index (χ2n) is 11.7. The lowest BCUT2D eigenvalue weighted by Crippen LogP contribution is -2.46. The summed E-state index contributed by atoms with van der Waals surface area (Å²) >= 11 is 0. The fraction of sp³-hybridized carbons (Fsp3) is 0.833. The van der Waals surface area contributed by atoms with E-state index < -0.39 is 8.80 Å². The van der Waals surface area contributed by atoms with Gasteiger partial charge in [0.1, 0.15) is 13.2 Å². The molecule has 1 atom stereocenters. The molecule has 0 saturated carbocycles. The van der Waals surface area contributed by atoms with Crippen molar-refractivity contribution in [1.82, 2.24) is 10.6 Å². The zero-order chi connectivity index (χ0) is 34.0. The van der Waals surface area contributed by atoms with Crippen LogP contribution in [0.5, 0.6) is 0 Å². The van der Waals surface area contributed by atoms with Crippen molar-refractivity contribution in [3.05, 3.63) is 24.3 Å². The van der Waals surface area contributed by atoms with Gasteiger partial charge in [0.05, 0.1) is 0 Å². The van der Waals surface area contributed by atoms with Gasteiger partial charge in [-0.2, -0.15) is 0 Å². The minimum absolute atomic E-state index is 0.253. The van der Waals surface area contributed by atoms with Crippen LogP contribution < -0.4 is 10.6 Å². The third-order valence-corrected chi connectivity index (χ3v) is 10.8. The van der Waals surface area contributed by atoms with E-state index in [1.54, 1.807) is 0 Å². The maximum atomic E-state index is 12.0. The van der Waals surface area contributed by atoms with Gasteiger partial charge in [-0.15, -0.1) is 0 Å². The smallest absolute Gasteiger partial charge is 0.445 e. The minimum Gasteiger partial charge on any atom is -0.445 e. The Hall–Kier alpha value is -1.88. The van der Waals surface area contributed by atoms with Crippen LogP contribution in [-0.4, -0.2) is 67.1 Å². The van der Waals surface area contributed by atoms with E-state index in [9.17, 15) is 9.59 Å². The summed E-state index contributed by atoms with van der Waals surface area (Å²) in [4.78, 5) is 23.9. The van der Waals surface area contributed by atoms with Gasteiger partial charge in [-0.1, -0.05) is 102 Å². The van der Waals surface area contributed by atoms with Crippen LogP contribution in [-0.2, 0) is 22.8 Å². The first-order valence-electron chi connectivity index (χ1n) is 18.5. The molecule has 0 aliphatic carbocycles. The van der Waals surface area contributed by atoms with Crippen LogP contribution in [0.3, 0.4) is 0 Å². The first-order chi connectivity index (χ1) is 22.5. The number of allylic oxidation sites excluding steroid dienone is 2. The van der Waals surface area contributed by atoms with Crippen LogP contribution in [0.2, 0.25) is 6.04 Å². The molecule has 0 aromatic heterocycles. The molecule has 0 aliphatic rings. The summed E-state index contributed by atoms with van der Waals surface area (Å²) in [5.74, 6) is 0.372.